The van der Waals surface area contributed by atoms with E-state index in [0.29, 0.717) is 29.9 Å². The summed E-state index contributed by atoms with van der Waals surface area (Å²) in [5.74, 6) is -0.791. The molecule has 8 rings (SSSR count). The normalized spacial score (nSPS) is 16.0. The van der Waals surface area contributed by atoms with Crippen molar-refractivity contribution < 1.29 is 9.90 Å². The molecule has 1 amide bonds. The van der Waals surface area contributed by atoms with Gasteiger partial charge in [-0.15, -0.1) is 0 Å². The summed E-state index contributed by atoms with van der Waals surface area (Å²) in [5, 5.41) is 13.5. The van der Waals surface area contributed by atoms with Crippen molar-refractivity contribution in [3.63, 3.8) is 0 Å². The van der Waals surface area contributed by atoms with Crippen molar-refractivity contribution >= 4 is 33.4 Å². The van der Waals surface area contributed by atoms with Gasteiger partial charge >= 0.3 is 5.69 Å². The van der Waals surface area contributed by atoms with E-state index in [1.807, 2.05) is 78.6 Å². The Morgan fingerprint density at radius 1 is 0.759 bits per heavy atom. The minimum atomic E-state index is -0.657. The molecule has 5 aromatic carbocycles. The van der Waals surface area contributed by atoms with Gasteiger partial charge in [0.1, 0.15) is 5.56 Å². The zero-order valence-corrected chi connectivity index (χ0v) is 30.7. The Kier molecular flexibility index (Phi) is 8.85. The Balaban J connectivity index is 1.28. The van der Waals surface area contributed by atoms with Crippen molar-refractivity contribution in [2.24, 2.45) is 19.1 Å². The molecule has 54 heavy (non-hydrogen) atoms. The highest BCUT2D eigenvalue weighted by Gasteiger charge is 2.40. The van der Waals surface area contributed by atoms with Crippen molar-refractivity contribution in [3.05, 3.63) is 176 Å². The minimum absolute atomic E-state index is 0.0433. The third kappa shape index (κ3) is 5.82. The van der Waals surface area contributed by atoms with Crippen molar-refractivity contribution in [2.75, 3.05) is 13.1 Å². The second-order valence-electron chi connectivity index (χ2n) is 14.2. The number of aromatic hydroxyl groups is 1. The predicted octanol–water partition coefficient (Wildman–Crippen LogP) is 7.23. The number of hydrogen-bond acceptors (Lipinski definition) is 5. The van der Waals surface area contributed by atoms with Crippen LogP contribution in [-0.2, 0) is 20.5 Å². The molecule has 0 radical (unpaired) electrons. The molecule has 1 aliphatic rings. The van der Waals surface area contributed by atoms with E-state index in [1.165, 1.54) is 7.05 Å². The van der Waals surface area contributed by atoms with E-state index in [9.17, 15) is 19.5 Å². The average Bonchev–Trinajstić information content (AvgIpc) is 3.48. The molecular formula is C45H41N5O4. The summed E-state index contributed by atoms with van der Waals surface area (Å²) in [6.45, 7) is 4.31. The van der Waals surface area contributed by atoms with Gasteiger partial charge in [-0.05, 0) is 73.4 Å². The van der Waals surface area contributed by atoms with Crippen LogP contribution in [0.3, 0.4) is 0 Å². The molecule has 1 aliphatic heterocycles. The van der Waals surface area contributed by atoms with Crippen LogP contribution in [0.5, 0.6) is 5.88 Å². The van der Waals surface area contributed by atoms with Crippen LogP contribution in [-0.4, -0.2) is 48.4 Å². The van der Waals surface area contributed by atoms with Crippen LogP contribution in [0.15, 0.2) is 136 Å². The van der Waals surface area contributed by atoms with Gasteiger partial charge < -0.3 is 14.6 Å². The van der Waals surface area contributed by atoms with Crippen molar-refractivity contribution in [2.45, 2.75) is 32.2 Å². The van der Waals surface area contributed by atoms with Crippen molar-refractivity contribution in [3.8, 4) is 11.6 Å². The molecule has 0 saturated carbocycles. The van der Waals surface area contributed by atoms with Crippen LogP contribution >= 0.6 is 0 Å². The van der Waals surface area contributed by atoms with E-state index in [4.69, 9.17) is 4.99 Å². The lowest BCUT2D eigenvalue weighted by Gasteiger charge is -2.42. The van der Waals surface area contributed by atoms with Crippen LogP contribution in [0.4, 0.5) is 0 Å². The summed E-state index contributed by atoms with van der Waals surface area (Å²) in [5.41, 5.74) is 6.16. The third-order valence-electron chi connectivity index (χ3n) is 10.9. The van der Waals surface area contributed by atoms with Gasteiger partial charge in [0.15, 0.2) is 0 Å². The molecule has 270 valence electrons. The molecular weight excluding hydrogens is 675 g/mol. The SMILES string of the molecule is CC(=NCC1c2ccccc2C(=O)N(CCc2ccccc2)C1c1ccc2c(c1)c1ccccc1n2C)c1c(O)n(C)c(=O)n(-c2ccc(C)cc2)c1=O. The van der Waals surface area contributed by atoms with Crippen LogP contribution in [0.1, 0.15) is 57.1 Å². The first kappa shape index (κ1) is 34.6. The first-order chi connectivity index (χ1) is 26.1. The highest BCUT2D eigenvalue weighted by atomic mass is 16.3. The van der Waals surface area contributed by atoms with E-state index in [-0.39, 0.29) is 23.9 Å². The highest BCUT2D eigenvalue weighted by Crippen LogP contribution is 2.44. The lowest BCUT2D eigenvalue weighted by Crippen LogP contribution is -2.44. The summed E-state index contributed by atoms with van der Waals surface area (Å²) in [7, 11) is 3.50. The quantitative estimate of drug-likeness (QED) is 0.168. The lowest BCUT2D eigenvalue weighted by atomic mass is 9.79. The van der Waals surface area contributed by atoms with Gasteiger partial charge in [-0.2, -0.15) is 0 Å². The number of rotatable bonds is 8. The number of amides is 1. The Morgan fingerprint density at radius 3 is 2.22 bits per heavy atom. The third-order valence-corrected chi connectivity index (χ3v) is 10.9. The summed E-state index contributed by atoms with van der Waals surface area (Å²) in [6.07, 6.45) is 0.668. The van der Waals surface area contributed by atoms with Gasteiger partial charge in [0.2, 0.25) is 5.88 Å². The molecule has 0 fully saturated rings. The van der Waals surface area contributed by atoms with Crippen molar-refractivity contribution in [1.82, 2.24) is 18.6 Å². The summed E-state index contributed by atoms with van der Waals surface area (Å²) in [6, 6.07) is 39.3. The maximum Gasteiger partial charge on any atom is 0.338 e. The zero-order valence-electron chi connectivity index (χ0n) is 30.7. The molecule has 0 spiro atoms. The number of hydrogen-bond donors (Lipinski definition) is 1. The predicted molar refractivity (Wildman–Crippen MR) is 214 cm³/mol. The Morgan fingerprint density at radius 2 is 1.44 bits per heavy atom. The molecule has 3 heterocycles. The highest BCUT2D eigenvalue weighted by molar-refractivity contribution is 6.08. The molecule has 0 saturated heterocycles. The van der Waals surface area contributed by atoms with Gasteiger partial charge in [-0.1, -0.05) is 90.5 Å². The average molecular weight is 716 g/mol. The van der Waals surface area contributed by atoms with Gasteiger partial charge in [-0.3, -0.25) is 19.1 Å². The number of aryl methyl sites for hydroxylation is 2. The number of carbonyl (C=O) groups excluding carboxylic acids is 1. The van der Waals surface area contributed by atoms with Crippen LogP contribution in [0.2, 0.25) is 0 Å². The number of para-hydroxylation sites is 1. The van der Waals surface area contributed by atoms with Crippen LogP contribution in [0, 0.1) is 6.92 Å². The molecule has 1 N–H and O–H groups in total. The van der Waals surface area contributed by atoms with Gasteiger partial charge in [0, 0.05) is 66.2 Å². The molecule has 2 aromatic heterocycles. The largest absolute Gasteiger partial charge is 0.494 e. The number of nitrogens with zero attached hydrogens (tertiary/aromatic N) is 5. The first-order valence-electron chi connectivity index (χ1n) is 18.2. The fourth-order valence-corrected chi connectivity index (χ4v) is 8.05. The Bertz CT molecular complexity index is 2720. The van der Waals surface area contributed by atoms with Crippen LogP contribution < -0.4 is 11.2 Å². The first-order valence-corrected chi connectivity index (χ1v) is 18.2. The standard InChI is InChI=1S/C45H41N5O4/c1-28-18-21-32(22-19-28)50-44(53)40(43(52)48(4)45(50)54)29(2)46-27-37-33-14-8-9-16-35(33)42(51)49(25-24-30-12-6-5-7-13-30)41(37)31-20-23-39-36(26-31)34-15-10-11-17-38(34)47(39)3/h5-23,26,37,41,52H,24-25,27H2,1-4H3. The van der Waals surface area contributed by atoms with Gasteiger partial charge in [-0.25, -0.2) is 9.36 Å². The smallest absolute Gasteiger partial charge is 0.338 e. The summed E-state index contributed by atoms with van der Waals surface area (Å²) >= 11 is 0. The topological polar surface area (TPSA) is 102 Å². The maximum atomic E-state index is 14.5. The van der Waals surface area contributed by atoms with E-state index >= 15 is 0 Å². The Labute approximate surface area is 312 Å². The number of fused-ring (bicyclic) bond motifs is 4. The Hall–Kier alpha value is -6.48. The number of aliphatic imine (C=N–C) groups is 1. The second-order valence-corrected chi connectivity index (χ2v) is 14.2. The van der Waals surface area contributed by atoms with Crippen molar-refractivity contribution in [1.29, 1.82) is 0 Å². The summed E-state index contributed by atoms with van der Waals surface area (Å²) in [4.78, 5) is 48.9. The van der Waals surface area contributed by atoms with E-state index < -0.39 is 23.2 Å². The maximum absolute atomic E-state index is 14.5. The van der Waals surface area contributed by atoms with Gasteiger partial charge in [0.05, 0.1) is 11.7 Å². The minimum Gasteiger partial charge on any atom is -0.494 e. The lowest BCUT2D eigenvalue weighted by molar-refractivity contribution is 0.0614. The fourth-order valence-electron chi connectivity index (χ4n) is 8.05. The number of aromatic nitrogens is 3. The number of carbonyl (C=O) groups is 1. The van der Waals surface area contributed by atoms with E-state index in [1.54, 1.807) is 19.1 Å². The molecule has 7 aromatic rings. The van der Waals surface area contributed by atoms with Crippen LogP contribution in [0.25, 0.3) is 27.5 Å². The number of benzene rings is 5. The molecule has 0 aliphatic carbocycles. The molecule has 9 heteroatoms. The second kappa shape index (κ2) is 13.8. The van der Waals surface area contributed by atoms with Gasteiger partial charge in [0.25, 0.3) is 11.5 Å². The molecule has 2 atom stereocenters. The monoisotopic (exact) mass is 715 g/mol. The van der Waals surface area contributed by atoms with E-state index in [0.717, 1.165) is 53.2 Å². The molecule has 0 bridgehead atoms. The molecule has 9 nitrogen and oxygen atoms in total. The van der Waals surface area contributed by atoms with E-state index in [2.05, 4.69) is 54.1 Å². The fraction of sp³-hybridized carbons (Fsp3) is 0.200. The summed E-state index contributed by atoms with van der Waals surface area (Å²) < 4.78 is 4.32. The molecule has 2 unspecified atom stereocenters. The zero-order chi connectivity index (χ0) is 37.7.